The summed E-state index contributed by atoms with van der Waals surface area (Å²) >= 11 is 0. The first-order valence-electron chi connectivity index (χ1n) is 7.91. The lowest BCUT2D eigenvalue weighted by Crippen LogP contribution is -2.35. The van der Waals surface area contributed by atoms with E-state index < -0.39 is 11.7 Å². The zero-order valence-electron chi connectivity index (χ0n) is 13.7. The molecule has 0 atom stereocenters. The highest BCUT2D eigenvalue weighted by Gasteiger charge is 2.26. The van der Waals surface area contributed by atoms with E-state index in [0.717, 1.165) is 0 Å². The average molecular weight is 347 g/mol. The maximum Gasteiger partial charge on any atom is 0.435 e. The first-order chi connectivity index (χ1) is 12.0. The van der Waals surface area contributed by atoms with Crippen molar-refractivity contribution in [2.75, 3.05) is 25.1 Å². The van der Waals surface area contributed by atoms with E-state index in [4.69, 9.17) is 9.84 Å². The van der Waals surface area contributed by atoms with E-state index in [1.807, 2.05) is 4.90 Å². The molecule has 1 saturated heterocycles. The van der Waals surface area contributed by atoms with Crippen LogP contribution in [0.15, 0.2) is 35.3 Å². The first-order valence-corrected chi connectivity index (χ1v) is 7.91. The average Bonchev–Trinajstić information content (AvgIpc) is 2.61. The number of anilines is 1. The van der Waals surface area contributed by atoms with Crippen LogP contribution in [0.5, 0.6) is 5.75 Å². The Morgan fingerprint density at radius 1 is 1.36 bits per heavy atom. The number of piperidine rings is 1. The molecular formula is C17H18FN3O4. The van der Waals surface area contributed by atoms with E-state index in [1.165, 1.54) is 25.4 Å². The molecule has 1 aliphatic heterocycles. The van der Waals surface area contributed by atoms with Gasteiger partial charge in [0.15, 0.2) is 0 Å². The van der Waals surface area contributed by atoms with Crippen LogP contribution in [0.2, 0.25) is 0 Å². The second-order valence-electron chi connectivity index (χ2n) is 5.86. The second kappa shape index (κ2) is 6.92. The predicted octanol–water partition coefficient (Wildman–Crippen LogP) is 2.30. The van der Waals surface area contributed by atoms with Crippen molar-refractivity contribution in [3.8, 4) is 5.75 Å². The topological polar surface area (TPSA) is 84.7 Å². The van der Waals surface area contributed by atoms with E-state index in [1.54, 1.807) is 12.1 Å². The summed E-state index contributed by atoms with van der Waals surface area (Å²) in [5, 5.41) is 12.5. The molecule has 0 aliphatic carbocycles. The SMILES string of the molecule is COc1cccc(F)c1C1CCN(c2cnn(C(=O)O)c(=O)c2)CC1. The number of carbonyl (C=O) groups is 1. The van der Waals surface area contributed by atoms with Crippen LogP contribution in [-0.2, 0) is 0 Å². The smallest absolute Gasteiger partial charge is 0.435 e. The standard InChI is InChI=1S/C17H18FN3O4/c1-25-14-4-2-3-13(18)16(14)11-5-7-20(8-6-11)12-9-15(22)21(17(23)24)19-10-12/h2-4,9-11H,5-8H2,1H3,(H,23,24). The summed E-state index contributed by atoms with van der Waals surface area (Å²) in [6.07, 6.45) is 1.33. The molecule has 1 aliphatic rings. The molecule has 25 heavy (non-hydrogen) atoms. The zero-order chi connectivity index (χ0) is 18.0. The summed E-state index contributed by atoms with van der Waals surface area (Å²) in [6.45, 7) is 1.22. The van der Waals surface area contributed by atoms with Gasteiger partial charge in [-0.25, -0.2) is 9.18 Å². The molecule has 1 N–H and O–H groups in total. The van der Waals surface area contributed by atoms with Gasteiger partial charge >= 0.3 is 6.09 Å². The third kappa shape index (κ3) is 3.33. The summed E-state index contributed by atoms with van der Waals surface area (Å²) in [4.78, 5) is 24.6. The Morgan fingerprint density at radius 2 is 2.08 bits per heavy atom. The monoisotopic (exact) mass is 347 g/mol. The summed E-state index contributed by atoms with van der Waals surface area (Å²) in [7, 11) is 1.52. The molecule has 132 valence electrons. The van der Waals surface area contributed by atoms with E-state index in [-0.39, 0.29) is 11.7 Å². The van der Waals surface area contributed by atoms with Crippen molar-refractivity contribution in [2.24, 2.45) is 0 Å². The van der Waals surface area contributed by atoms with Crippen molar-refractivity contribution in [1.29, 1.82) is 0 Å². The molecule has 1 aromatic carbocycles. The van der Waals surface area contributed by atoms with Crippen LogP contribution >= 0.6 is 0 Å². The Kier molecular flexibility index (Phi) is 4.69. The van der Waals surface area contributed by atoms with Gasteiger partial charge in [-0.15, -0.1) is 4.68 Å². The van der Waals surface area contributed by atoms with Crippen LogP contribution < -0.4 is 15.2 Å². The fourth-order valence-electron chi connectivity index (χ4n) is 3.23. The Bertz CT molecular complexity index is 844. The van der Waals surface area contributed by atoms with Crippen molar-refractivity contribution < 1.29 is 19.0 Å². The van der Waals surface area contributed by atoms with Gasteiger partial charge in [-0.05, 0) is 30.9 Å². The number of carboxylic acid groups (broad SMARTS) is 1. The van der Waals surface area contributed by atoms with Crippen LogP contribution in [0, 0.1) is 5.82 Å². The van der Waals surface area contributed by atoms with Gasteiger partial charge in [0.2, 0.25) is 0 Å². The molecular weight excluding hydrogens is 329 g/mol. The summed E-state index contributed by atoms with van der Waals surface area (Å²) in [5.41, 5.74) is 0.466. The minimum atomic E-state index is -1.41. The van der Waals surface area contributed by atoms with Gasteiger partial charge in [0.1, 0.15) is 11.6 Å². The molecule has 0 bridgehead atoms. The van der Waals surface area contributed by atoms with Crippen molar-refractivity contribution >= 4 is 11.8 Å². The maximum atomic E-state index is 14.2. The van der Waals surface area contributed by atoms with Crippen LogP contribution in [0.3, 0.4) is 0 Å². The number of benzene rings is 1. The van der Waals surface area contributed by atoms with Crippen LogP contribution in [-0.4, -0.2) is 41.2 Å². The molecule has 0 unspecified atom stereocenters. The lowest BCUT2D eigenvalue weighted by molar-refractivity contribution is 0.191. The highest BCUT2D eigenvalue weighted by atomic mass is 19.1. The molecule has 2 aromatic rings. The van der Waals surface area contributed by atoms with Gasteiger partial charge in [0.05, 0.1) is 19.0 Å². The molecule has 3 rings (SSSR count). The number of methoxy groups -OCH3 is 1. The maximum absolute atomic E-state index is 14.2. The number of aromatic nitrogens is 2. The predicted molar refractivity (Wildman–Crippen MR) is 89.1 cm³/mol. The van der Waals surface area contributed by atoms with Crippen molar-refractivity contribution in [2.45, 2.75) is 18.8 Å². The number of nitrogens with zero attached hydrogens (tertiary/aromatic N) is 3. The van der Waals surface area contributed by atoms with Crippen LogP contribution in [0.1, 0.15) is 24.3 Å². The van der Waals surface area contributed by atoms with Gasteiger partial charge in [-0.2, -0.15) is 5.10 Å². The quantitative estimate of drug-likeness (QED) is 0.917. The fourth-order valence-corrected chi connectivity index (χ4v) is 3.23. The van der Waals surface area contributed by atoms with Crippen molar-refractivity contribution in [3.05, 3.63) is 52.2 Å². The molecule has 8 heteroatoms. The lowest BCUT2D eigenvalue weighted by atomic mass is 9.88. The Hall–Kier alpha value is -2.90. The van der Waals surface area contributed by atoms with Crippen LogP contribution in [0.4, 0.5) is 14.9 Å². The van der Waals surface area contributed by atoms with E-state index in [0.29, 0.717) is 47.6 Å². The molecule has 1 aromatic heterocycles. The third-order valence-corrected chi connectivity index (χ3v) is 4.47. The number of hydrogen-bond acceptors (Lipinski definition) is 5. The van der Waals surface area contributed by atoms with Crippen molar-refractivity contribution in [1.82, 2.24) is 9.78 Å². The fraction of sp³-hybridized carbons (Fsp3) is 0.353. The molecule has 0 radical (unpaired) electrons. The molecule has 2 heterocycles. The Balaban J connectivity index is 1.76. The summed E-state index contributed by atoms with van der Waals surface area (Å²) < 4.78 is 19.9. The van der Waals surface area contributed by atoms with Gasteiger partial charge in [0, 0.05) is 24.7 Å². The van der Waals surface area contributed by atoms with E-state index in [2.05, 4.69) is 5.10 Å². The summed E-state index contributed by atoms with van der Waals surface area (Å²) in [5.74, 6) is 0.299. The largest absolute Gasteiger partial charge is 0.496 e. The highest BCUT2D eigenvalue weighted by Crippen LogP contribution is 2.36. The summed E-state index contributed by atoms with van der Waals surface area (Å²) in [6, 6.07) is 6.06. The lowest BCUT2D eigenvalue weighted by Gasteiger charge is -2.34. The normalized spacial score (nSPS) is 15.2. The first kappa shape index (κ1) is 16.9. The molecule has 0 spiro atoms. The van der Waals surface area contributed by atoms with Gasteiger partial charge in [0.25, 0.3) is 5.56 Å². The number of hydrogen-bond donors (Lipinski definition) is 1. The van der Waals surface area contributed by atoms with E-state index >= 15 is 0 Å². The van der Waals surface area contributed by atoms with Crippen LogP contribution in [0.25, 0.3) is 0 Å². The van der Waals surface area contributed by atoms with Gasteiger partial charge < -0.3 is 14.7 Å². The minimum absolute atomic E-state index is 0.0275. The van der Waals surface area contributed by atoms with E-state index in [9.17, 15) is 14.0 Å². The van der Waals surface area contributed by atoms with Crippen molar-refractivity contribution in [3.63, 3.8) is 0 Å². The number of rotatable bonds is 3. The molecule has 1 fully saturated rings. The zero-order valence-corrected chi connectivity index (χ0v) is 13.7. The van der Waals surface area contributed by atoms with Gasteiger partial charge in [-0.3, -0.25) is 4.79 Å². The minimum Gasteiger partial charge on any atom is -0.496 e. The molecule has 0 saturated carbocycles. The Labute approximate surface area is 143 Å². The highest BCUT2D eigenvalue weighted by molar-refractivity contribution is 5.66. The third-order valence-electron chi connectivity index (χ3n) is 4.47. The van der Waals surface area contributed by atoms with Gasteiger partial charge in [-0.1, -0.05) is 6.07 Å². The number of ether oxygens (including phenoxy) is 1. The molecule has 7 nitrogen and oxygen atoms in total. The second-order valence-corrected chi connectivity index (χ2v) is 5.86. The number of halogens is 1. The Morgan fingerprint density at radius 3 is 2.68 bits per heavy atom. The molecule has 0 amide bonds.